The summed E-state index contributed by atoms with van der Waals surface area (Å²) in [5, 5.41) is 11.9. The molecule has 0 radical (unpaired) electrons. The van der Waals surface area contributed by atoms with Crippen molar-refractivity contribution in [3.63, 3.8) is 0 Å². The van der Waals surface area contributed by atoms with Gasteiger partial charge in [0.1, 0.15) is 70.0 Å². The Kier molecular flexibility index (Phi) is 26.2. The van der Waals surface area contributed by atoms with E-state index in [0.717, 1.165) is 24.3 Å². The van der Waals surface area contributed by atoms with Crippen LogP contribution >= 0.6 is 0 Å². The second kappa shape index (κ2) is 36.8. The summed E-state index contributed by atoms with van der Waals surface area (Å²) in [5.74, 6) is -4.03. The predicted octanol–water partition coefficient (Wildman–Crippen LogP) is 16.0. The van der Waals surface area contributed by atoms with E-state index in [1.807, 2.05) is 47.3 Å². The molecule has 120 heavy (non-hydrogen) atoms. The normalized spacial score (nSPS) is 20.3. The average molecular weight is 1660 g/mol. The molecule has 0 spiro atoms. The fourth-order valence-electron chi connectivity index (χ4n) is 15.8. The van der Waals surface area contributed by atoms with Crippen LogP contribution in [0.25, 0.3) is 63.5 Å². The molecule has 36 heteroatoms. The number of halogens is 12. The van der Waals surface area contributed by atoms with Crippen molar-refractivity contribution in [2.75, 3.05) is 100 Å². The van der Waals surface area contributed by atoms with Crippen LogP contribution in [0, 0.1) is 72.8 Å². The lowest BCUT2D eigenvalue weighted by atomic mass is 10.0. The van der Waals surface area contributed by atoms with Crippen molar-refractivity contribution < 1.29 is 52.7 Å². The summed E-state index contributed by atoms with van der Waals surface area (Å²) < 4.78 is 178. The number of pyridine rings is 4. The van der Waals surface area contributed by atoms with Crippen LogP contribution in [0.1, 0.15) is 100 Å². The van der Waals surface area contributed by atoms with Gasteiger partial charge in [-0.1, -0.05) is 24.3 Å². The Bertz CT molecular complexity index is 5430. The first kappa shape index (κ1) is 85.4. The summed E-state index contributed by atoms with van der Waals surface area (Å²) in [5.41, 5.74) is 5.49. The van der Waals surface area contributed by atoms with Gasteiger partial charge in [-0.15, -0.1) is 0 Å². The topological polar surface area (TPSA) is 201 Å². The van der Waals surface area contributed by atoms with Gasteiger partial charge in [0.25, 0.3) is 0 Å². The molecular formula is C84H84F12N24. The number of nitrogens with zero attached hydrogens (tertiary/aromatic N) is 20. The number of imidazole rings is 4. The third-order valence-corrected chi connectivity index (χ3v) is 22.3. The third kappa shape index (κ3) is 17.7. The largest absolute Gasteiger partial charge is 0.340 e. The molecule has 16 rings (SSSR count). The molecule has 4 aliphatic heterocycles. The maximum absolute atomic E-state index is 14.8. The van der Waals surface area contributed by atoms with Gasteiger partial charge in [0.15, 0.2) is 23.3 Å². The Morgan fingerprint density at radius 1 is 0.342 bits per heavy atom. The zero-order valence-corrected chi connectivity index (χ0v) is 66.4. The number of alkyl halides is 4. The molecule has 0 unspecified atom stereocenters. The molecule has 0 aliphatic carbocycles. The van der Waals surface area contributed by atoms with Crippen LogP contribution in [0.15, 0.2) is 122 Å². The van der Waals surface area contributed by atoms with Gasteiger partial charge >= 0.3 is 0 Å². The van der Waals surface area contributed by atoms with Crippen LogP contribution in [0.3, 0.4) is 0 Å². The molecule has 4 aromatic carbocycles. The molecule has 4 saturated heterocycles. The molecule has 0 bridgehead atoms. The average Bonchev–Trinajstić information content (AvgIpc) is 1.62. The molecule has 8 aromatic heterocycles. The number of rotatable bonds is 16. The van der Waals surface area contributed by atoms with Crippen LogP contribution in [-0.4, -0.2) is 188 Å². The minimum atomic E-state index is -0.987. The maximum atomic E-state index is 14.8. The summed E-state index contributed by atoms with van der Waals surface area (Å²) in [7, 11) is 6.79. The van der Waals surface area contributed by atoms with Crippen molar-refractivity contribution >= 4 is 90.7 Å². The van der Waals surface area contributed by atoms with E-state index < -0.39 is 95.4 Å². The molecule has 12 aromatic rings. The molecule has 12 heterocycles. The van der Waals surface area contributed by atoms with Gasteiger partial charge in [0.2, 0.25) is 46.5 Å². The highest BCUT2D eigenvalue weighted by atomic mass is 19.2. The van der Waals surface area contributed by atoms with Crippen molar-refractivity contribution in [1.29, 1.82) is 0 Å². The minimum Gasteiger partial charge on any atom is -0.340 e. The summed E-state index contributed by atoms with van der Waals surface area (Å²) in [6.45, 7) is 38.7. The van der Waals surface area contributed by atoms with Crippen molar-refractivity contribution in [3.8, 4) is 0 Å². The van der Waals surface area contributed by atoms with Gasteiger partial charge < -0.3 is 50.0 Å². The summed E-state index contributed by atoms with van der Waals surface area (Å²) >= 11 is 0. The van der Waals surface area contributed by atoms with Gasteiger partial charge in [-0.25, -0.2) is 92.0 Å². The van der Waals surface area contributed by atoms with Crippen molar-refractivity contribution in [1.82, 2.24) is 79.4 Å². The lowest BCUT2D eigenvalue weighted by molar-refractivity contribution is 0.221. The first-order chi connectivity index (χ1) is 57.7. The number of piperidine rings is 4. The fourth-order valence-corrected chi connectivity index (χ4v) is 15.8. The third-order valence-electron chi connectivity index (χ3n) is 22.3. The van der Waals surface area contributed by atoms with Crippen LogP contribution in [0.4, 0.5) is 99.2 Å². The molecule has 4 fully saturated rings. The number of benzene rings is 4. The summed E-state index contributed by atoms with van der Waals surface area (Å²) in [6.07, 6.45) is 3.10. The van der Waals surface area contributed by atoms with Gasteiger partial charge in [0.05, 0.1) is 119 Å². The minimum absolute atomic E-state index is 0.0550. The van der Waals surface area contributed by atoms with E-state index in [1.54, 1.807) is 95.0 Å². The second-order valence-electron chi connectivity index (χ2n) is 29.6. The summed E-state index contributed by atoms with van der Waals surface area (Å²) in [4.78, 5) is 56.3. The van der Waals surface area contributed by atoms with Gasteiger partial charge in [-0.05, 0) is 106 Å². The maximum Gasteiger partial charge on any atom is 0.207 e. The van der Waals surface area contributed by atoms with Crippen LogP contribution < -0.4 is 40.9 Å². The number of likely N-dealkylation sites (N-methyl/N-ethyl adjacent to an activating group) is 4. The molecule has 0 amide bonds. The Balaban J connectivity index is 0.000000138. The van der Waals surface area contributed by atoms with Crippen LogP contribution in [0.2, 0.25) is 0 Å². The first-order valence-corrected chi connectivity index (χ1v) is 38.8. The molecule has 624 valence electrons. The van der Waals surface area contributed by atoms with Gasteiger partial charge in [0, 0.05) is 126 Å². The van der Waals surface area contributed by atoms with Gasteiger partial charge in [-0.2, -0.15) is 0 Å². The molecule has 12 atom stereocenters. The lowest BCUT2D eigenvalue weighted by Gasteiger charge is -2.36. The quantitative estimate of drug-likeness (QED) is 0.0525. The number of anilines is 4. The monoisotopic (exact) mass is 1660 g/mol. The van der Waals surface area contributed by atoms with Crippen molar-refractivity contribution in [2.24, 2.45) is 0 Å². The lowest BCUT2D eigenvalue weighted by Crippen LogP contribution is -2.51. The van der Waals surface area contributed by atoms with E-state index >= 15 is 0 Å². The SMILES string of the molecule is [C-]#[N+]c1ccc([C@@H](C)n2c(N3CC[C@@H](F)[C@H](NC)C3)nc3c(F)cc(F)cc32)nc1.[C-]#[N+]c1ccc([C@@H](C)n2c(N3CC[C@@H](F)[C@H](NC)C3)nc3cc(F)cc(F)c32)nc1.[C-]#[N+]c1ccc([C@H](C)n2c(N3CC[C@@H](F)[C@H](NC)C3)nc3c(F)cc(F)cc32)nc1.[C-]#[N+]c1ccc([C@H](C)n2c(N3CC[C@@H](F)[C@H](NC)C3)nc3cc(F)cc(F)c32)nc1. The predicted molar refractivity (Wildman–Crippen MR) is 434 cm³/mol. The summed E-state index contributed by atoms with van der Waals surface area (Å²) in [6, 6.07) is 18.3. The van der Waals surface area contributed by atoms with Crippen LogP contribution in [0.5, 0.6) is 0 Å². The van der Waals surface area contributed by atoms with E-state index in [0.29, 0.717) is 158 Å². The van der Waals surface area contributed by atoms with E-state index in [1.165, 1.54) is 49.1 Å². The molecule has 0 saturated carbocycles. The number of fused-ring (bicyclic) bond motifs is 4. The number of nitrogens with one attached hydrogen (secondary N) is 4. The number of hydrogen-bond acceptors (Lipinski definition) is 16. The Labute approximate surface area is 683 Å². The molecular weight excluding hydrogens is 1570 g/mol. The Morgan fingerprint density at radius 2 is 0.592 bits per heavy atom. The van der Waals surface area contributed by atoms with E-state index in [9.17, 15) is 52.7 Å². The van der Waals surface area contributed by atoms with E-state index in [-0.39, 0.29) is 57.3 Å². The van der Waals surface area contributed by atoms with Gasteiger partial charge in [-0.3, -0.25) is 29.1 Å². The molecule has 24 nitrogen and oxygen atoms in total. The molecule has 4 N–H and O–H groups in total. The van der Waals surface area contributed by atoms with E-state index in [2.05, 4.69) is 80.5 Å². The smallest absolute Gasteiger partial charge is 0.207 e. The fraction of sp³-hybridized carbons (Fsp3) is 0.381. The van der Waals surface area contributed by atoms with Crippen molar-refractivity contribution in [3.05, 3.63) is 237 Å². The van der Waals surface area contributed by atoms with Crippen molar-refractivity contribution in [2.45, 2.75) is 126 Å². The Hall–Kier alpha value is -12.5. The molecule has 4 aliphatic rings. The highest BCUT2D eigenvalue weighted by Gasteiger charge is 2.38. The number of hydrogen-bond donors (Lipinski definition) is 4. The standard InChI is InChI=1S/4C21H21F3N6/c2*1-12(17-5-4-14(25-2)10-27-17)30-19-9-13(22)8-16(24)20(19)28-21(30)29-7-6-15(23)18(11-29)26-3;2*1-12(17-5-4-14(25-2)10-27-17)30-20-16(24)8-13(22)9-18(20)28-21(30)29-7-6-15(23)19(11-29)26-3/h2*4-5,8-10,12,15,18,26H,6-7,11H2,1,3H3;2*4-5,8-10,12,15,19,26H,6-7,11H2,1,3H3/t12-,15+,18+;12-,15-,18-;12-,15+,19+;12-,15-,19-/m0101/s1. The zero-order chi connectivity index (χ0) is 85.7. The first-order valence-electron chi connectivity index (χ1n) is 38.8. The van der Waals surface area contributed by atoms with E-state index in [4.69, 9.17) is 26.3 Å². The second-order valence-corrected chi connectivity index (χ2v) is 29.6. The number of aromatic nitrogens is 12. The highest BCUT2D eigenvalue weighted by molar-refractivity contribution is 5.83. The van der Waals surface area contributed by atoms with Crippen LogP contribution in [-0.2, 0) is 0 Å². The highest BCUT2D eigenvalue weighted by Crippen LogP contribution is 2.40. The zero-order valence-electron chi connectivity index (χ0n) is 66.4. The Morgan fingerprint density at radius 3 is 0.842 bits per heavy atom.